The molecular weight excluding hydrogens is 324 g/mol. The maximum atomic E-state index is 5.72. The fourth-order valence-corrected chi connectivity index (χ4v) is 3.60. The third-order valence-corrected chi connectivity index (χ3v) is 5.67. The number of ether oxygens (including phenoxy) is 2. The van der Waals surface area contributed by atoms with Crippen molar-refractivity contribution in [2.75, 3.05) is 33.9 Å². The van der Waals surface area contributed by atoms with E-state index in [2.05, 4.69) is 19.2 Å². The molecule has 0 aromatic heterocycles. The number of hydrogen-bond acceptors (Lipinski definition) is 4. The molecule has 0 spiro atoms. The van der Waals surface area contributed by atoms with Crippen molar-refractivity contribution in [3.05, 3.63) is 0 Å². The van der Waals surface area contributed by atoms with Crippen LogP contribution in [0.15, 0.2) is 0 Å². The zero-order valence-corrected chi connectivity index (χ0v) is 18.3. The molecule has 0 aromatic carbocycles. The molecule has 0 saturated heterocycles. The molecule has 3 N–H and O–H groups in total. The van der Waals surface area contributed by atoms with Crippen LogP contribution in [0, 0.1) is 5.92 Å². The van der Waals surface area contributed by atoms with E-state index in [0.717, 1.165) is 32.5 Å². The van der Waals surface area contributed by atoms with E-state index in [0.29, 0.717) is 5.92 Å². The second kappa shape index (κ2) is 18.2. The zero-order valence-electron chi connectivity index (χ0n) is 18.3. The Kier molecular flexibility index (Phi) is 18.1. The summed E-state index contributed by atoms with van der Waals surface area (Å²) < 4.78 is 11.4. The van der Waals surface area contributed by atoms with Gasteiger partial charge in [-0.05, 0) is 58.7 Å². The maximum absolute atomic E-state index is 5.72. The molecule has 0 amide bonds. The summed E-state index contributed by atoms with van der Waals surface area (Å²) in [6, 6.07) is 0. The van der Waals surface area contributed by atoms with E-state index < -0.39 is 5.79 Å². The zero-order chi connectivity index (χ0) is 19.5. The lowest BCUT2D eigenvalue weighted by molar-refractivity contribution is -0.230. The van der Waals surface area contributed by atoms with Crippen molar-refractivity contribution >= 4 is 0 Å². The van der Waals surface area contributed by atoms with Gasteiger partial charge >= 0.3 is 0 Å². The van der Waals surface area contributed by atoms with Crippen LogP contribution < -0.4 is 11.1 Å². The lowest BCUT2D eigenvalue weighted by atomic mass is 9.88. The summed E-state index contributed by atoms with van der Waals surface area (Å²) in [6.07, 6.45) is 16.6. The van der Waals surface area contributed by atoms with Gasteiger partial charge in [0.1, 0.15) is 0 Å². The molecule has 0 aliphatic carbocycles. The van der Waals surface area contributed by atoms with E-state index in [4.69, 9.17) is 15.2 Å². The minimum atomic E-state index is -0.453. The first kappa shape index (κ1) is 25.8. The van der Waals surface area contributed by atoms with Crippen LogP contribution in [-0.2, 0) is 9.47 Å². The Morgan fingerprint density at radius 1 is 0.769 bits per heavy atom. The van der Waals surface area contributed by atoms with Gasteiger partial charge in [0.05, 0.1) is 0 Å². The number of nitrogens with one attached hydrogen (secondary N) is 1. The molecular formula is C22H48N2O2. The van der Waals surface area contributed by atoms with Gasteiger partial charge in [-0.3, -0.25) is 0 Å². The number of hydrogen-bond donors (Lipinski definition) is 2. The Morgan fingerprint density at radius 3 is 1.96 bits per heavy atom. The smallest absolute Gasteiger partial charge is 0.167 e. The molecule has 4 nitrogen and oxygen atoms in total. The lowest BCUT2D eigenvalue weighted by Gasteiger charge is -2.35. The van der Waals surface area contributed by atoms with E-state index >= 15 is 0 Å². The van der Waals surface area contributed by atoms with Crippen LogP contribution in [0.5, 0.6) is 0 Å². The topological polar surface area (TPSA) is 56.5 Å². The Labute approximate surface area is 164 Å². The summed E-state index contributed by atoms with van der Waals surface area (Å²) >= 11 is 0. The average Bonchev–Trinajstić information content (AvgIpc) is 2.67. The second-order valence-corrected chi connectivity index (χ2v) is 7.77. The molecule has 0 rings (SSSR count). The summed E-state index contributed by atoms with van der Waals surface area (Å²) in [5.41, 5.74) is 5.52. The minimum Gasteiger partial charge on any atom is -0.353 e. The van der Waals surface area contributed by atoms with Gasteiger partial charge in [0.15, 0.2) is 5.79 Å². The summed E-state index contributed by atoms with van der Waals surface area (Å²) in [6.45, 7) is 7.41. The van der Waals surface area contributed by atoms with Crippen LogP contribution >= 0.6 is 0 Å². The molecule has 0 heterocycles. The number of unbranched alkanes of at least 4 members (excludes halogenated alkanes) is 8. The van der Waals surface area contributed by atoms with Gasteiger partial charge in [-0.1, -0.05) is 58.3 Å². The molecule has 158 valence electrons. The highest BCUT2D eigenvalue weighted by molar-refractivity contribution is 4.75. The van der Waals surface area contributed by atoms with Gasteiger partial charge in [0.25, 0.3) is 0 Å². The fourth-order valence-electron chi connectivity index (χ4n) is 3.60. The van der Waals surface area contributed by atoms with Gasteiger partial charge < -0.3 is 20.5 Å². The molecule has 0 aliphatic rings. The van der Waals surface area contributed by atoms with E-state index in [1.165, 1.54) is 70.6 Å². The van der Waals surface area contributed by atoms with Crippen LogP contribution in [-0.4, -0.2) is 39.6 Å². The largest absolute Gasteiger partial charge is 0.353 e. The van der Waals surface area contributed by atoms with Crippen LogP contribution in [0.25, 0.3) is 0 Å². The minimum absolute atomic E-state index is 0.453. The Bertz CT molecular complexity index is 283. The first-order valence-electron chi connectivity index (χ1n) is 11.2. The van der Waals surface area contributed by atoms with E-state index in [1.54, 1.807) is 14.2 Å². The second-order valence-electron chi connectivity index (χ2n) is 7.77. The van der Waals surface area contributed by atoms with Crippen LogP contribution in [0.4, 0.5) is 0 Å². The number of nitrogens with two attached hydrogens (primary N) is 1. The van der Waals surface area contributed by atoms with Gasteiger partial charge in [0.2, 0.25) is 0 Å². The highest BCUT2D eigenvalue weighted by Crippen LogP contribution is 2.31. The Hall–Kier alpha value is -0.160. The van der Waals surface area contributed by atoms with Crippen molar-refractivity contribution in [1.29, 1.82) is 0 Å². The predicted molar refractivity (Wildman–Crippen MR) is 114 cm³/mol. The van der Waals surface area contributed by atoms with Gasteiger partial charge in [-0.25, -0.2) is 0 Å². The quantitative estimate of drug-likeness (QED) is 0.226. The average molecular weight is 373 g/mol. The maximum Gasteiger partial charge on any atom is 0.167 e. The standard InChI is InChI=1S/C22H48N2O2/c1-5-6-7-8-9-12-16-21(22(2,25-3)26-4)17-15-20-24-19-14-11-10-13-18-23/h21,24H,5-20,23H2,1-4H3. The van der Waals surface area contributed by atoms with E-state index in [-0.39, 0.29) is 0 Å². The Balaban J connectivity index is 3.98. The molecule has 0 bridgehead atoms. The molecule has 0 saturated carbocycles. The van der Waals surface area contributed by atoms with Crippen LogP contribution in [0.2, 0.25) is 0 Å². The van der Waals surface area contributed by atoms with Crippen molar-refractivity contribution in [3.8, 4) is 0 Å². The van der Waals surface area contributed by atoms with Crippen LogP contribution in [0.3, 0.4) is 0 Å². The predicted octanol–water partition coefficient (Wildman–Crippen LogP) is 5.25. The molecule has 1 unspecified atom stereocenters. The molecule has 0 fully saturated rings. The van der Waals surface area contributed by atoms with Crippen LogP contribution in [0.1, 0.15) is 97.3 Å². The summed E-state index contributed by atoms with van der Waals surface area (Å²) in [7, 11) is 3.55. The lowest BCUT2D eigenvalue weighted by Crippen LogP contribution is -2.39. The van der Waals surface area contributed by atoms with Crippen molar-refractivity contribution < 1.29 is 9.47 Å². The summed E-state index contributed by atoms with van der Waals surface area (Å²) in [4.78, 5) is 0. The molecule has 26 heavy (non-hydrogen) atoms. The Morgan fingerprint density at radius 2 is 1.31 bits per heavy atom. The monoisotopic (exact) mass is 372 g/mol. The third-order valence-electron chi connectivity index (χ3n) is 5.67. The highest BCUT2D eigenvalue weighted by Gasteiger charge is 2.33. The molecule has 0 aromatic rings. The summed E-state index contributed by atoms with van der Waals surface area (Å²) in [5, 5.41) is 3.58. The van der Waals surface area contributed by atoms with Gasteiger partial charge in [-0.2, -0.15) is 0 Å². The van der Waals surface area contributed by atoms with E-state index in [9.17, 15) is 0 Å². The molecule has 0 radical (unpaired) electrons. The number of rotatable bonds is 20. The fraction of sp³-hybridized carbons (Fsp3) is 1.00. The molecule has 4 heteroatoms. The summed E-state index contributed by atoms with van der Waals surface area (Å²) in [5.74, 6) is 0.0149. The third kappa shape index (κ3) is 13.1. The van der Waals surface area contributed by atoms with Gasteiger partial charge in [-0.15, -0.1) is 0 Å². The van der Waals surface area contributed by atoms with Crippen molar-refractivity contribution in [2.45, 2.75) is 103 Å². The van der Waals surface area contributed by atoms with E-state index in [1.807, 2.05) is 0 Å². The highest BCUT2D eigenvalue weighted by atomic mass is 16.7. The first-order chi connectivity index (χ1) is 12.6. The van der Waals surface area contributed by atoms with Gasteiger partial charge in [0, 0.05) is 20.1 Å². The normalized spacial score (nSPS) is 13.3. The van der Waals surface area contributed by atoms with Crippen molar-refractivity contribution in [1.82, 2.24) is 5.32 Å². The van der Waals surface area contributed by atoms with Crippen molar-refractivity contribution in [2.24, 2.45) is 11.7 Å². The SMILES string of the molecule is CCCCCCCCC(CCCNCCCCCCN)C(C)(OC)OC. The van der Waals surface area contributed by atoms with Crippen molar-refractivity contribution in [3.63, 3.8) is 0 Å². The number of methoxy groups -OCH3 is 2. The molecule has 1 atom stereocenters. The first-order valence-corrected chi connectivity index (χ1v) is 11.2. The molecule has 0 aliphatic heterocycles.